The van der Waals surface area contributed by atoms with Crippen LogP contribution >= 0.6 is 11.7 Å². The van der Waals surface area contributed by atoms with Gasteiger partial charge in [-0.1, -0.05) is 6.07 Å². The van der Waals surface area contributed by atoms with E-state index >= 15 is 0 Å². The standard InChI is InChI=1S/C20H22N4O2S/c25-19(21-12-15-2-1-9-26-15)16-11-20(16)5-7-24(8-6-20)13-14-3-4-17-18(10-14)23-27-22-17/h1-4,9-10,16H,5-8,11-13H2,(H,21,25). The number of rotatable bonds is 5. The van der Waals surface area contributed by atoms with Crippen LogP contribution in [0.15, 0.2) is 41.0 Å². The minimum Gasteiger partial charge on any atom is -0.467 e. The van der Waals surface area contributed by atoms with Crippen LogP contribution in [0.3, 0.4) is 0 Å². The van der Waals surface area contributed by atoms with Gasteiger partial charge in [0, 0.05) is 12.5 Å². The molecule has 1 aliphatic carbocycles. The Hall–Kier alpha value is -2.25. The second-order valence-corrected chi connectivity index (χ2v) is 8.31. The van der Waals surface area contributed by atoms with Crippen molar-refractivity contribution in [3.63, 3.8) is 0 Å². The number of furan rings is 1. The molecule has 140 valence electrons. The SMILES string of the molecule is O=C(NCc1ccco1)C1CC12CCN(Cc1ccc3nsnc3c1)CC2. The van der Waals surface area contributed by atoms with E-state index in [1.165, 1.54) is 17.3 Å². The summed E-state index contributed by atoms with van der Waals surface area (Å²) in [6.07, 6.45) is 4.87. The highest BCUT2D eigenvalue weighted by Crippen LogP contribution is 2.59. The molecule has 1 saturated heterocycles. The summed E-state index contributed by atoms with van der Waals surface area (Å²) in [6, 6.07) is 10.1. The summed E-state index contributed by atoms with van der Waals surface area (Å²) < 4.78 is 13.9. The zero-order valence-corrected chi connectivity index (χ0v) is 15.9. The van der Waals surface area contributed by atoms with E-state index in [1.54, 1.807) is 6.26 Å². The van der Waals surface area contributed by atoms with E-state index in [9.17, 15) is 4.79 Å². The molecule has 2 aromatic heterocycles. The van der Waals surface area contributed by atoms with Gasteiger partial charge in [0.05, 0.1) is 24.5 Å². The van der Waals surface area contributed by atoms with Gasteiger partial charge in [0.1, 0.15) is 16.8 Å². The fourth-order valence-electron chi connectivity index (χ4n) is 4.32. The largest absolute Gasteiger partial charge is 0.467 e. The Morgan fingerprint density at radius 1 is 1.26 bits per heavy atom. The Balaban J connectivity index is 1.13. The lowest BCUT2D eigenvalue weighted by Gasteiger charge is -2.32. The van der Waals surface area contributed by atoms with Crippen LogP contribution in [0.2, 0.25) is 0 Å². The highest BCUT2D eigenvalue weighted by Gasteiger charge is 2.58. The van der Waals surface area contributed by atoms with Crippen LogP contribution in [0.25, 0.3) is 11.0 Å². The lowest BCUT2D eigenvalue weighted by molar-refractivity contribution is -0.123. The maximum atomic E-state index is 12.5. The molecule has 1 saturated carbocycles. The van der Waals surface area contributed by atoms with E-state index in [-0.39, 0.29) is 17.2 Å². The Morgan fingerprint density at radius 2 is 2.11 bits per heavy atom. The maximum Gasteiger partial charge on any atom is 0.224 e. The first-order valence-electron chi connectivity index (χ1n) is 9.46. The molecule has 27 heavy (non-hydrogen) atoms. The van der Waals surface area contributed by atoms with Crippen LogP contribution in [0.1, 0.15) is 30.6 Å². The van der Waals surface area contributed by atoms with Gasteiger partial charge < -0.3 is 9.73 Å². The van der Waals surface area contributed by atoms with E-state index in [0.29, 0.717) is 6.54 Å². The van der Waals surface area contributed by atoms with Crippen LogP contribution in [0.5, 0.6) is 0 Å². The quantitative estimate of drug-likeness (QED) is 0.734. The molecule has 2 fully saturated rings. The topological polar surface area (TPSA) is 71.3 Å². The summed E-state index contributed by atoms with van der Waals surface area (Å²) in [5.41, 5.74) is 3.48. The number of likely N-dealkylation sites (tertiary alicyclic amines) is 1. The van der Waals surface area contributed by atoms with Crippen molar-refractivity contribution >= 4 is 28.7 Å². The average molecular weight is 382 g/mol. The third kappa shape index (κ3) is 3.37. The zero-order valence-electron chi connectivity index (χ0n) is 15.1. The molecule has 1 aliphatic heterocycles. The van der Waals surface area contributed by atoms with Gasteiger partial charge in [-0.3, -0.25) is 9.69 Å². The van der Waals surface area contributed by atoms with E-state index in [2.05, 4.69) is 37.2 Å². The first kappa shape index (κ1) is 16.9. The number of benzene rings is 1. The van der Waals surface area contributed by atoms with Crippen LogP contribution < -0.4 is 5.32 Å². The molecule has 1 atom stereocenters. The number of hydrogen-bond acceptors (Lipinski definition) is 6. The van der Waals surface area contributed by atoms with Crippen LogP contribution in [-0.2, 0) is 17.9 Å². The minimum atomic E-state index is 0.173. The highest BCUT2D eigenvalue weighted by molar-refractivity contribution is 7.00. The fourth-order valence-corrected chi connectivity index (χ4v) is 4.84. The summed E-state index contributed by atoms with van der Waals surface area (Å²) >= 11 is 1.26. The van der Waals surface area contributed by atoms with Gasteiger partial charge in [-0.05, 0) is 67.6 Å². The molecule has 1 aromatic carbocycles. The Morgan fingerprint density at radius 3 is 2.93 bits per heavy atom. The molecule has 2 aliphatic rings. The monoisotopic (exact) mass is 382 g/mol. The third-order valence-electron chi connectivity index (χ3n) is 6.10. The number of nitrogens with one attached hydrogen (secondary N) is 1. The van der Waals surface area contributed by atoms with Crippen LogP contribution in [-0.4, -0.2) is 32.6 Å². The van der Waals surface area contributed by atoms with E-state index in [4.69, 9.17) is 4.42 Å². The number of hydrogen-bond donors (Lipinski definition) is 1. The predicted molar refractivity (Wildman–Crippen MR) is 103 cm³/mol. The molecule has 1 amide bonds. The van der Waals surface area contributed by atoms with Gasteiger partial charge in [-0.25, -0.2) is 0 Å². The van der Waals surface area contributed by atoms with E-state index in [1.807, 2.05) is 12.1 Å². The Bertz CT molecular complexity index is 944. The maximum absolute atomic E-state index is 12.5. The molecular weight excluding hydrogens is 360 g/mol. The van der Waals surface area contributed by atoms with Crippen molar-refractivity contribution in [3.05, 3.63) is 47.9 Å². The molecule has 6 nitrogen and oxygen atoms in total. The second-order valence-electron chi connectivity index (χ2n) is 7.78. The zero-order chi connectivity index (χ0) is 18.3. The van der Waals surface area contributed by atoms with Crippen molar-refractivity contribution in [2.75, 3.05) is 13.1 Å². The molecule has 3 heterocycles. The van der Waals surface area contributed by atoms with Crippen molar-refractivity contribution in [2.45, 2.75) is 32.4 Å². The van der Waals surface area contributed by atoms with Crippen LogP contribution in [0.4, 0.5) is 0 Å². The molecule has 1 N–H and O–H groups in total. The summed E-state index contributed by atoms with van der Waals surface area (Å²) in [7, 11) is 0. The van der Waals surface area contributed by atoms with Gasteiger partial charge in [0.2, 0.25) is 5.91 Å². The van der Waals surface area contributed by atoms with Gasteiger partial charge in [0.15, 0.2) is 0 Å². The number of fused-ring (bicyclic) bond motifs is 1. The Kier molecular flexibility index (Phi) is 4.21. The number of carbonyl (C=O) groups excluding carboxylic acids is 1. The van der Waals surface area contributed by atoms with E-state index < -0.39 is 0 Å². The average Bonchev–Trinajstić information content (AvgIpc) is 3.07. The van der Waals surface area contributed by atoms with Crippen molar-refractivity contribution in [1.82, 2.24) is 19.0 Å². The van der Waals surface area contributed by atoms with Gasteiger partial charge in [-0.2, -0.15) is 8.75 Å². The molecule has 1 unspecified atom stereocenters. The smallest absolute Gasteiger partial charge is 0.224 e. The number of piperidine rings is 1. The fraction of sp³-hybridized carbons (Fsp3) is 0.450. The van der Waals surface area contributed by atoms with Crippen molar-refractivity contribution < 1.29 is 9.21 Å². The molecule has 3 aromatic rings. The molecule has 1 spiro atoms. The summed E-state index contributed by atoms with van der Waals surface area (Å²) in [5, 5.41) is 3.03. The van der Waals surface area contributed by atoms with Crippen molar-refractivity contribution in [3.8, 4) is 0 Å². The summed E-state index contributed by atoms with van der Waals surface area (Å²) in [5.74, 6) is 1.16. The Labute approximate surface area is 161 Å². The first-order chi connectivity index (χ1) is 13.2. The number of carbonyl (C=O) groups is 1. The molecular formula is C20H22N4O2S. The number of aromatic nitrogens is 2. The normalized spacial score (nSPS) is 21.6. The second kappa shape index (κ2) is 6.73. The molecule has 0 bridgehead atoms. The van der Waals surface area contributed by atoms with Crippen LogP contribution in [0, 0.1) is 11.3 Å². The summed E-state index contributed by atoms with van der Waals surface area (Å²) in [6.45, 7) is 3.53. The summed E-state index contributed by atoms with van der Waals surface area (Å²) in [4.78, 5) is 15.0. The highest BCUT2D eigenvalue weighted by atomic mass is 32.1. The van der Waals surface area contributed by atoms with Gasteiger partial charge in [0.25, 0.3) is 0 Å². The number of amides is 1. The lowest BCUT2D eigenvalue weighted by atomic mass is 9.90. The van der Waals surface area contributed by atoms with E-state index in [0.717, 1.165) is 55.7 Å². The molecule has 7 heteroatoms. The molecule has 0 radical (unpaired) electrons. The minimum absolute atomic E-state index is 0.173. The third-order valence-corrected chi connectivity index (χ3v) is 6.66. The predicted octanol–water partition coefficient (Wildman–Crippen LogP) is 3.20. The van der Waals surface area contributed by atoms with Gasteiger partial charge in [-0.15, -0.1) is 0 Å². The van der Waals surface area contributed by atoms with Crippen molar-refractivity contribution in [1.29, 1.82) is 0 Å². The first-order valence-corrected chi connectivity index (χ1v) is 10.2. The van der Waals surface area contributed by atoms with Gasteiger partial charge >= 0.3 is 0 Å². The van der Waals surface area contributed by atoms with Crippen molar-refractivity contribution in [2.24, 2.45) is 11.3 Å². The lowest BCUT2D eigenvalue weighted by Crippen LogP contribution is -2.36. The molecule has 5 rings (SSSR count). The number of nitrogens with zero attached hydrogens (tertiary/aromatic N) is 3.